The minimum Gasteiger partial charge on any atom is -0.356 e. The van der Waals surface area contributed by atoms with Crippen molar-refractivity contribution in [3.8, 4) is 0 Å². The van der Waals surface area contributed by atoms with Crippen LogP contribution in [0.4, 0.5) is 5.82 Å². The Labute approximate surface area is 172 Å². The van der Waals surface area contributed by atoms with Crippen molar-refractivity contribution in [1.82, 2.24) is 20.6 Å². The predicted octanol–water partition coefficient (Wildman–Crippen LogP) is 2.74. The molecule has 26 heavy (non-hydrogen) atoms. The van der Waals surface area contributed by atoms with Crippen molar-refractivity contribution >= 4 is 35.8 Å². The van der Waals surface area contributed by atoms with Gasteiger partial charge in [-0.25, -0.2) is 4.98 Å². The Balaban J connectivity index is 0.00000243. The summed E-state index contributed by atoms with van der Waals surface area (Å²) in [6.07, 6.45) is 5.82. The van der Waals surface area contributed by atoms with Gasteiger partial charge in [-0.2, -0.15) is 0 Å². The fourth-order valence-electron chi connectivity index (χ4n) is 3.05. The molecule has 2 N–H and O–H groups in total. The first-order valence-corrected chi connectivity index (χ1v) is 8.80. The van der Waals surface area contributed by atoms with Gasteiger partial charge in [0.25, 0.3) is 0 Å². The van der Waals surface area contributed by atoms with Gasteiger partial charge in [0.2, 0.25) is 0 Å². The third kappa shape index (κ3) is 5.55. The molecule has 0 radical (unpaired) electrons. The third-order valence-electron chi connectivity index (χ3n) is 4.57. The Morgan fingerprint density at radius 1 is 1.15 bits per heavy atom. The van der Waals surface area contributed by atoms with E-state index in [4.69, 9.17) is 0 Å². The first kappa shape index (κ1) is 20.4. The number of nitrogens with one attached hydrogen (secondary N) is 2. The fourth-order valence-corrected chi connectivity index (χ4v) is 3.05. The molecule has 6 nitrogen and oxygen atoms in total. The van der Waals surface area contributed by atoms with E-state index >= 15 is 0 Å². The predicted molar refractivity (Wildman–Crippen MR) is 117 cm³/mol. The highest BCUT2D eigenvalue weighted by Crippen LogP contribution is 2.17. The lowest BCUT2D eigenvalue weighted by molar-refractivity contribution is 0.459. The van der Waals surface area contributed by atoms with Crippen molar-refractivity contribution in [3.05, 3.63) is 54.0 Å². The summed E-state index contributed by atoms with van der Waals surface area (Å²) in [7, 11) is 1.81. The van der Waals surface area contributed by atoms with Gasteiger partial charge in [0.05, 0.1) is 12.2 Å². The summed E-state index contributed by atoms with van der Waals surface area (Å²) in [4.78, 5) is 15.5. The molecule has 0 saturated carbocycles. The lowest BCUT2D eigenvalue weighted by Crippen LogP contribution is -2.48. The monoisotopic (exact) mass is 466 g/mol. The summed E-state index contributed by atoms with van der Waals surface area (Å²) >= 11 is 0. The second-order valence-corrected chi connectivity index (χ2v) is 6.29. The van der Waals surface area contributed by atoms with Gasteiger partial charge < -0.3 is 15.5 Å². The van der Waals surface area contributed by atoms with Crippen LogP contribution in [0.15, 0.2) is 47.7 Å². The van der Waals surface area contributed by atoms with Crippen molar-refractivity contribution in [1.29, 1.82) is 0 Å². The second-order valence-electron chi connectivity index (χ2n) is 6.29. The smallest absolute Gasteiger partial charge is 0.191 e. The zero-order valence-corrected chi connectivity index (χ0v) is 17.7. The molecule has 1 saturated heterocycles. The number of halogens is 1. The summed E-state index contributed by atoms with van der Waals surface area (Å²) in [6.45, 7) is 4.77. The van der Waals surface area contributed by atoms with E-state index in [1.54, 1.807) is 0 Å². The molecule has 3 rings (SSSR count). The van der Waals surface area contributed by atoms with Gasteiger partial charge in [-0.1, -0.05) is 12.1 Å². The molecule has 3 heterocycles. The molecule has 0 spiro atoms. The molecule has 1 aliphatic heterocycles. The van der Waals surface area contributed by atoms with E-state index in [-0.39, 0.29) is 24.0 Å². The summed E-state index contributed by atoms with van der Waals surface area (Å²) in [6, 6.07) is 10.5. The maximum absolute atomic E-state index is 4.44. The van der Waals surface area contributed by atoms with E-state index in [9.17, 15) is 0 Å². The number of nitrogens with zero attached hydrogens (tertiary/aromatic N) is 4. The van der Waals surface area contributed by atoms with Crippen LogP contribution < -0.4 is 15.5 Å². The zero-order chi connectivity index (χ0) is 17.5. The molecule has 2 aromatic heterocycles. The Morgan fingerprint density at radius 2 is 1.92 bits per heavy atom. The van der Waals surface area contributed by atoms with Gasteiger partial charge in [0, 0.05) is 38.6 Å². The van der Waals surface area contributed by atoms with Crippen molar-refractivity contribution in [2.24, 2.45) is 4.99 Å². The molecule has 0 amide bonds. The van der Waals surface area contributed by atoms with Crippen LogP contribution in [0.5, 0.6) is 0 Å². The van der Waals surface area contributed by atoms with Crippen LogP contribution in [-0.4, -0.2) is 42.1 Å². The maximum atomic E-state index is 4.44. The van der Waals surface area contributed by atoms with Crippen molar-refractivity contribution in [2.75, 3.05) is 25.0 Å². The lowest BCUT2D eigenvalue weighted by Gasteiger charge is -2.33. The van der Waals surface area contributed by atoms with E-state index in [1.165, 1.54) is 5.56 Å². The number of hydrogen-bond acceptors (Lipinski definition) is 4. The largest absolute Gasteiger partial charge is 0.356 e. The summed E-state index contributed by atoms with van der Waals surface area (Å²) in [5, 5.41) is 6.90. The number of aryl methyl sites for hydroxylation is 1. The number of aromatic nitrogens is 2. The summed E-state index contributed by atoms with van der Waals surface area (Å²) in [5.41, 5.74) is 2.24. The highest BCUT2D eigenvalue weighted by atomic mass is 127. The molecule has 7 heteroatoms. The Bertz CT molecular complexity index is 698. The molecule has 1 fully saturated rings. The van der Waals surface area contributed by atoms with Crippen LogP contribution in [0, 0.1) is 6.92 Å². The maximum Gasteiger partial charge on any atom is 0.191 e. The summed E-state index contributed by atoms with van der Waals surface area (Å²) < 4.78 is 0. The van der Waals surface area contributed by atoms with Crippen molar-refractivity contribution in [3.63, 3.8) is 0 Å². The van der Waals surface area contributed by atoms with E-state index < -0.39 is 0 Å². The normalized spacial score (nSPS) is 15.3. The van der Waals surface area contributed by atoms with Crippen molar-refractivity contribution in [2.45, 2.75) is 32.4 Å². The van der Waals surface area contributed by atoms with E-state index in [0.717, 1.165) is 43.4 Å². The number of pyridine rings is 2. The van der Waals surface area contributed by atoms with Gasteiger partial charge in [-0.3, -0.25) is 9.98 Å². The molecule has 0 unspecified atom stereocenters. The number of hydrogen-bond donors (Lipinski definition) is 2. The number of piperidine rings is 1. The average Bonchev–Trinajstić information content (AvgIpc) is 2.67. The highest BCUT2D eigenvalue weighted by molar-refractivity contribution is 14.0. The van der Waals surface area contributed by atoms with Gasteiger partial charge in [-0.05, 0) is 43.5 Å². The third-order valence-corrected chi connectivity index (χ3v) is 4.57. The number of guanidine groups is 1. The number of rotatable bonds is 4. The molecule has 2 aromatic rings. The van der Waals surface area contributed by atoms with Gasteiger partial charge in [0.1, 0.15) is 5.82 Å². The lowest BCUT2D eigenvalue weighted by atomic mass is 10.1. The van der Waals surface area contributed by atoms with Crippen LogP contribution in [-0.2, 0) is 6.54 Å². The first-order chi connectivity index (χ1) is 12.3. The molecule has 0 aliphatic carbocycles. The minimum atomic E-state index is 0. The Hall–Kier alpha value is -1.90. The van der Waals surface area contributed by atoms with Gasteiger partial charge in [0.15, 0.2) is 5.96 Å². The number of anilines is 1. The van der Waals surface area contributed by atoms with E-state index in [2.05, 4.69) is 49.6 Å². The van der Waals surface area contributed by atoms with Crippen LogP contribution in [0.1, 0.15) is 24.1 Å². The van der Waals surface area contributed by atoms with Gasteiger partial charge >= 0.3 is 0 Å². The van der Waals surface area contributed by atoms with Gasteiger partial charge in [-0.15, -0.1) is 24.0 Å². The molecule has 1 aliphatic rings. The van der Waals surface area contributed by atoms with Crippen LogP contribution in [0.25, 0.3) is 0 Å². The summed E-state index contributed by atoms with van der Waals surface area (Å²) in [5.74, 6) is 1.90. The Kier molecular flexibility index (Phi) is 8.08. The van der Waals surface area contributed by atoms with Crippen LogP contribution in [0.2, 0.25) is 0 Å². The van der Waals surface area contributed by atoms with E-state index in [1.807, 2.05) is 37.6 Å². The van der Waals surface area contributed by atoms with Crippen LogP contribution >= 0.6 is 24.0 Å². The molecule has 0 atom stereocenters. The molecule has 0 bridgehead atoms. The standard InChI is InChI=1S/C19H26N6.HI/c1-15-6-5-11-21-17(15)14-23-19(20-2)24-16-8-12-25(13-9-16)18-7-3-4-10-22-18;/h3-7,10-11,16H,8-9,12-14H2,1-2H3,(H2,20,23,24);1H. The first-order valence-electron chi connectivity index (χ1n) is 8.80. The SMILES string of the molecule is CN=C(NCc1ncccc1C)NC1CCN(c2ccccn2)CC1.I. The zero-order valence-electron chi connectivity index (χ0n) is 15.4. The van der Waals surface area contributed by atoms with Crippen molar-refractivity contribution < 1.29 is 0 Å². The quantitative estimate of drug-likeness (QED) is 0.412. The molecular weight excluding hydrogens is 439 g/mol. The topological polar surface area (TPSA) is 65.4 Å². The molecular formula is C19H27IN6. The molecule has 140 valence electrons. The molecule has 0 aromatic carbocycles. The second kappa shape index (κ2) is 10.3. The average molecular weight is 466 g/mol. The minimum absolute atomic E-state index is 0. The fraction of sp³-hybridized carbons (Fsp3) is 0.421. The van der Waals surface area contributed by atoms with Crippen LogP contribution in [0.3, 0.4) is 0 Å². The van der Waals surface area contributed by atoms with E-state index in [0.29, 0.717) is 12.6 Å². The Morgan fingerprint density at radius 3 is 2.58 bits per heavy atom. The highest BCUT2D eigenvalue weighted by Gasteiger charge is 2.20. The number of aliphatic imine (C=N–C) groups is 1.